The summed E-state index contributed by atoms with van der Waals surface area (Å²) in [5, 5.41) is 15.7. The number of aromatic amines is 1. The maximum Gasteiger partial charge on any atom is 0.137 e. The molecule has 5 rings (SSSR count). The van der Waals surface area contributed by atoms with Gasteiger partial charge in [0.15, 0.2) is 0 Å². The number of H-pyrrole nitrogens is 1. The smallest absolute Gasteiger partial charge is 0.137 e. The molecule has 2 heterocycles. The number of nitrogens with two attached hydrogens (primary N) is 1. The van der Waals surface area contributed by atoms with E-state index < -0.39 is 0 Å². The zero-order valence-electron chi connectivity index (χ0n) is 17.7. The highest BCUT2D eigenvalue weighted by Crippen LogP contribution is 2.38. The summed E-state index contributed by atoms with van der Waals surface area (Å²) in [6.07, 6.45) is 4.78. The van der Waals surface area contributed by atoms with Crippen LogP contribution >= 0.6 is 11.9 Å². The summed E-state index contributed by atoms with van der Waals surface area (Å²) in [4.78, 5) is 4.24. The average Bonchev–Trinajstić information content (AvgIpc) is 3.45. The van der Waals surface area contributed by atoms with Crippen molar-refractivity contribution >= 4 is 22.9 Å². The van der Waals surface area contributed by atoms with Crippen molar-refractivity contribution in [3.8, 4) is 16.9 Å². The van der Waals surface area contributed by atoms with E-state index in [0.717, 1.165) is 36.5 Å². The molecule has 3 aromatic carbocycles. The number of hydrogen-bond acceptors (Lipinski definition) is 4. The normalized spacial score (nSPS) is 12.2. The van der Waals surface area contributed by atoms with Gasteiger partial charge >= 0.3 is 0 Å². The molecule has 0 atom stereocenters. The Morgan fingerprint density at radius 1 is 1.06 bits per heavy atom. The molecule has 31 heavy (non-hydrogen) atoms. The van der Waals surface area contributed by atoms with Crippen LogP contribution in [-0.2, 0) is 12.8 Å². The molecular weight excluding hydrogens is 404 g/mol. The molecule has 4 aromatic rings. The summed E-state index contributed by atoms with van der Waals surface area (Å²) in [6, 6.07) is 21.1. The van der Waals surface area contributed by atoms with Crippen molar-refractivity contribution in [2.24, 2.45) is 5.14 Å². The summed E-state index contributed by atoms with van der Waals surface area (Å²) in [5.41, 5.74) is 7.45. The van der Waals surface area contributed by atoms with Crippen molar-refractivity contribution in [3.05, 3.63) is 83.6 Å². The lowest BCUT2D eigenvalue weighted by molar-refractivity contribution is 0.289. The van der Waals surface area contributed by atoms with Crippen molar-refractivity contribution in [3.63, 3.8) is 0 Å². The van der Waals surface area contributed by atoms with Crippen LogP contribution in [0.4, 0.5) is 0 Å². The fraction of sp³-hybridized carbons (Fsp3) is 0.231. The van der Waals surface area contributed by atoms with E-state index in [-0.39, 0.29) is 6.61 Å². The molecule has 0 amide bonds. The number of aliphatic hydroxyl groups excluding tert-OH is 1. The molecule has 0 saturated carbocycles. The van der Waals surface area contributed by atoms with E-state index in [1.54, 1.807) is 0 Å². The third-order valence-electron chi connectivity index (χ3n) is 5.54. The molecule has 160 valence electrons. The second kappa shape index (κ2) is 10.1. The van der Waals surface area contributed by atoms with Crippen LogP contribution < -0.4 is 9.88 Å². The van der Waals surface area contributed by atoms with Gasteiger partial charge in [-0.05, 0) is 72.2 Å². The first-order valence-corrected chi connectivity index (χ1v) is 11.5. The number of rotatable bonds is 5. The Morgan fingerprint density at radius 2 is 1.87 bits per heavy atom. The first-order valence-electron chi connectivity index (χ1n) is 10.6. The van der Waals surface area contributed by atoms with Gasteiger partial charge in [-0.1, -0.05) is 48.0 Å². The van der Waals surface area contributed by atoms with Gasteiger partial charge in [0.05, 0.1) is 11.5 Å². The third kappa shape index (κ3) is 4.96. The maximum atomic E-state index is 8.73. The molecular formula is C26H28N2O2S. The Labute approximate surface area is 187 Å². The number of para-hydroxylation sites is 1. The van der Waals surface area contributed by atoms with Crippen LogP contribution in [0.5, 0.6) is 5.75 Å². The minimum atomic E-state index is 0.263. The molecule has 0 spiro atoms. The Hall–Kier alpha value is -2.73. The standard InChI is InChI=1S/C15H15NOS.C11H13NO/c1-10-2-4-11(5-3-10)13-8-12-6-7-17-15(12)14(9-13)18-16;13-7-3-4-9-8-12-11-6-2-1-5-10(9)11/h2-5,8-9H,6-7,16H2,1H3;1-2,5-6,8,12-13H,3-4,7H2. The first kappa shape index (κ1) is 21.5. The summed E-state index contributed by atoms with van der Waals surface area (Å²) in [6.45, 7) is 3.13. The number of aryl methyl sites for hydroxylation is 2. The van der Waals surface area contributed by atoms with E-state index in [4.69, 9.17) is 15.0 Å². The molecule has 5 heteroatoms. The molecule has 0 aliphatic carbocycles. The van der Waals surface area contributed by atoms with Gasteiger partial charge in [0, 0.05) is 30.1 Å². The molecule has 0 saturated heterocycles. The van der Waals surface area contributed by atoms with Crippen molar-refractivity contribution in [2.45, 2.75) is 31.1 Å². The second-order valence-electron chi connectivity index (χ2n) is 7.73. The molecule has 0 unspecified atom stereocenters. The quantitative estimate of drug-likeness (QED) is 0.356. The van der Waals surface area contributed by atoms with E-state index in [9.17, 15) is 0 Å². The van der Waals surface area contributed by atoms with E-state index in [1.807, 2.05) is 18.3 Å². The number of benzene rings is 3. The van der Waals surface area contributed by atoms with Crippen LogP contribution in [0.15, 0.2) is 71.8 Å². The average molecular weight is 433 g/mol. The molecule has 1 aliphatic heterocycles. The van der Waals surface area contributed by atoms with Gasteiger partial charge in [-0.25, -0.2) is 0 Å². The summed E-state index contributed by atoms with van der Waals surface area (Å²) < 4.78 is 5.63. The zero-order valence-corrected chi connectivity index (χ0v) is 18.5. The minimum Gasteiger partial charge on any atom is -0.492 e. The van der Waals surface area contributed by atoms with Crippen LogP contribution in [0.25, 0.3) is 22.0 Å². The van der Waals surface area contributed by atoms with E-state index in [2.05, 4.69) is 60.4 Å². The third-order valence-corrected chi connectivity index (χ3v) is 6.10. The number of aliphatic hydroxyl groups is 1. The highest BCUT2D eigenvalue weighted by Gasteiger charge is 2.18. The predicted octanol–water partition coefficient (Wildman–Crippen LogP) is 5.66. The molecule has 4 N–H and O–H groups in total. The fourth-order valence-electron chi connectivity index (χ4n) is 3.88. The van der Waals surface area contributed by atoms with Crippen LogP contribution in [0, 0.1) is 6.92 Å². The fourth-order valence-corrected chi connectivity index (χ4v) is 4.37. The van der Waals surface area contributed by atoms with E-state index in [0.29, 0.717) is 0 Å². The summed E-state index contributed by atoms with van der Waals surface area (Å²) in [5.74, 6) is 0.971. The second-order valence-corrected chi connectivity index (χ2v) is 8.41. The SMILES string of the molecule is Cc1ccc(-c2cc3c(c(SN)c2)OCC3)cc1.OCCCc1c[nH]c2ccccc12. The Kier molecular flexibility index (Phi) is 6.97. The van der Waals surface area contributed by atoms with Gasteiger partial charge in [0.25, 0.3) is 0 Å². The number of aromatic nitrogens is 1. The van der Waals surface area contributed by atoms with Gasteiger partial charge < -0.3 is 14.8 Å². The van der Waals surface area contributed by atoms with Gasteiger partial charge in [0.1, 0.15) is 5.75 Å². The Bertz CT molecular complexity index is 1150. The van der Waals surface area contributed by atoms with Crippen molar-refractivity contribution in [1.82, 2.24) is 4.98 Å². The summed E-state index contributed by atoms with van der Waals surface area (Å²) >= 11 is 1.26. The van der Waals surface area contributed by atoms with Crippen LogP contribution in [-0.4, -0.2) is 23.3 Å². The van der Waals surface area contributed by atoms with Crippen LogP contribution in [0.1, 0.15) is 23.1 Å². The molecule has 0 bridgehead atoms. The lowest BCUT2D eigenvalue weighted by Crippen LogP contribution is -1.90. The van der Waals surface area contributed by atoms with Gasteiger partial charge in [-0.3, -0.25) is 5.14 Å². The predicted molar refractivity (Wildman–Crippen MR) is 130 cm³/mol. The lowest BCUT2D eigenvalue weighted by atomic mass is 10.0. The monoisotopic (exact) mass is 432 g/mol. The van der Waals surface area contributed by atoms with E-state index in [1.165, 1.54) is 50.7 Å². The topological polar surface area (TPSA) is 71.3 Å². The van der Waals surface area contributed by atoms with Crippen LogP contribution in [0.2, 0.25) is 0 Å². The Morgan fingerprint density at radius 3 is 2.65 bits per heavy atom. The molecule has 1 aliphatic rings. The zero-order chi connectivity index (χ0) is 21.6. The minimum absolute atomic E-state index is 0.263. The number of hydrogen-bond donors (Lipinski definition) is 3. The van der Waals surface area contributed by atoms with Crippen LogP contribution in [0.3, 0.4) is 0 Å². The number of ether oxygens (including phenoxy) is 1. The molecule has 1 aromatic heterocycles. The highest BCUT2D eigenvalue weighted by atomic mass is 32.2. The highest BCUT2D eigenvalue weighted by molar-refractivity contribution is 7.97. The Balaban J connectivity index is 0.000000158. The number of nitrogens with one attached hydrogen (secondary N) is 1. The van der Waals surface area contributed by atoms with Gasteiger partial charge in [-0.15, -0.1) is 0 Å². The van der Waals surface area contributed by atoms with Gasteiger partial charge in [0.2, 0.25) is 0 Å². The van der Waals surface area contributed by atoms with Crippen molar-refractivity contribution in [1.29, 1.82) is 0 Å². The molecule has 0 fully saturated rings. The largest absolute Gasteiger partial charge is 0.492 e. The number of fused-ring (bicyclic) bond motifs is 2. The first-order chi connectivity index (χ1) is 15.2. The maximum absolute atomic E-state index is 8.73. The molecule has 4 nitrogen and oxygen atoms in total. The molecule has 0 radical (unpaired) electrons. The van der Waals surface area contributed by atoms with Gasteiger partial charge in [-0.2, -0.15) is 0 Å². The van der Waals surface area contributed by atoms with Crippen molar-refractivity contribution < 1.29 is 9.84 Å². The van der Waals surface area contributed by atoms with Crippen molar-refractivity contribution in [2.75, 3.05) is 13.2 Å². The van der Waals surface area contributed by atoms with E-state index >= 15 is 0 Å². The lowest BCUT2D eigenvalue weighted by Gasteiger charge is -2.09. The summed E-state index contributed by atoms with van der Waals surface area (Å²) in [7, 11) is 0.